The summed E-state index contributed by atoms with van der Waals surface area (Å²) in [5, 5.41) is 21.0. The molecule has 2 aromatic heterocycles. The molecule has 0 saturated carbocycles. The van der Waals surface area contributed by atoms with Crippen molar-refractivity contribution in [1.29, 1.82) is 0 Å². The lowest BCUT2D eigenvalue weighted by Crippen LogP contribution is -1.95. The second-order valence-electron chi connectivity index (χ2n) is 4.35. The summed E-state index contributed by atoms with van der Waals surface area (Å²) < 4.78 is 2.69. The van der Waals surface area contributed by atoms with Crippen LogP contribution in [-0.4, -0.2) is 31.2 Å². The Morgan fingerprint density at radius 3 is 2.82 bits per heavy atom. The number of rotatable bonds is 3. The number of aromatic amines is 1. The minimum atomic E-state index is 0.132. The average molecular weight is 376 g/mol. The first kappa shape index (κ1) is 14.6. The molecule has 0 fully saturated rings. The van der Waals surface area contributed by atoms with Crippen LogP contribution < -0.4 is 0 Å². The van der Waals surface area contributed by atoms with Crippen molar-refractivity contribution in [3.63, 3.8) is 0 Å². The van der Waals surface area contributed by atoms with E-state index >= 15 is 0 Å². The van der Waals surface area contributed by atoms with E-state index < -0.39 is 0 Å². The number of phenolic OH excluding ortho intramolecular Hbond substituents is 1. The number of halogens is 1. The van der Waals surface area contributed by atoms with Gasteiger partial charge in [0.2, 0.25) is 4.77 Å². The quantitative estimate of drug-likeness (QED) is 0.543. The Balaban J connectivity index is 2.03. The minimum Gasteiger partial charge on any atom is -0.507 e. The molecule has 3 aromatic rings. The molecular weight excluding hydrogens is 366 g/mol. The van der Waals surface area contributed by atoms with E-state index in [0.29, 0.717) is 16.2 Å². The van der Waals surface area contributed by atoms with Crippen molar-refractivity contribution in [3.8, 4) is 17.1 Å². The topological polar surface area (TPSA) is 79.1 Å². The van der Waals surface area contributed by atoms with Gasteiger partial charge in [-0.25, -0.2) is 5.10 Å². The number of aromatic hydroxyl groups is 1. The van der Waals surface area contributed by atoms with Crippen molar-refractivity contribution in [1.82, 2.24) is 19.9 Å². The number of phenols is 1. The maximum Gasteiger partial charge on any atom is 0.216 e. The van der Waals surface area contributed by atoms with Gasteiger partial charge >= 0.3 is 0 Å². The Bertz CT molecular complexity index is 888. The van der Waals surface area contributed by atoms with Crippen LogP contribution in [0.3, 0.4) is 0 Å². The second-order valence-corrected chi connectivity index (χ2v) is 5.65. The zero-order valence-electron chi connectivity index (χ0n) is 11.1. The molecule has 6 nitrogen and oxygen atoms in total. The van der Waals surface area contributed by atoms with Crippen LogP contribution in [-0.2, 0) is 0 Å². The third-order valence-electron chi connectivity index (χ3n) is 2.89. The molecular formula is C14H10BrN5OS. The summed E-state index contributed by atoms with van der Waals surface area (Å²) in [6.45, 7) is 0. The van der Waals surface area contributed by atoms with Crippen LogP contribution in [0.25, 0.3) is 11.4 Å². The summed E-state index contributed by atoms with van der Waals surface area (Å²) in [6.07, 6.45) is 4.86. The largest absolute Gasteiger partial charge is 0.507 e. The van der Waals surface area contributed by atoms with Crippen LogP contribution in [0.4, 0.5) is 0 Å². The number of hydrogen-bond acceptors (Lipinski definition) is 5. The highest BCUT2D eigenvalue weighted by Crippen LogP contribution is 2.21. The number of pyridine rings is 1. The molecule has 2 N–H and O–H groups in total. The van der Waals surface area contributed by atoms with Crippen LogP contribution in [0.1, 0.15) is 5.56 Å². The standard InChI is InChI=1S/C14H10BrN5OS/c15-11-1-2-12(21)10(7-11)8-17-20-13(18-19-14(20)22)9-3-5-16-6-4-9/h1-8,21H,(H,19,22)/b17-8+. The fourth-order valence-electron chi connectivity index (χ4n) is 1.84. The van der Waals surface area contributed by atoms with Gasteiger partial charge < -0.3 is 5.11 Å². The highest BCUT2D eigenvalue weighted by Gasteiger charge is 2.07. The van der Waals surface area contributed by atoms with Crippen molar-refractivity contribution in [3.05, 3.63) is 57.5 Å². The van der Waals surface area contributed by atoms with E-state index in [2.05, 4.69) is 36.2 Å². The Morgan fingerprint density at radius 1 is 1.27 bits per heavy atom. The summed E-state index contributed by atoms with van der Waals surface area (Å²) in [6, 6.07) is 8.72. The van der Waals surface area contributed by atoms with Gasteiger partial charge in [-0.2, -0.15) is 14.9 Å². The van der Waals surface area contributed by atoms with Crippen LogP contribution >= 0.6 is 28.1 Å². The van der Waals surface area contributed by atoms with Gasteiger partial charge in [0.15, 0.2) is 5.82 Å². The monoisotopic (exact) mass is 375 g/mol. The molecule has 0 amide bonds. The summed E-state index contributed by atoms with van der Waals surface area (Å²) in [7, 11) is 0. The third-order valence-corrected chi connectivity index (χ3v) is 3.65. The SMILES string of the molecule is Oc1ccc(Br)cc1/C=N/n1c(-c2ccncc2)n[nH]c1=S. The first-order valence-electron chi connectivity index (χ1n) is 6.26. The first-order chi connectivity index (χ1) is 10.6. The predicted molar refractivity (Wildman–Crippen MR) is 89.4 cm³/mol. The molecule has 3 rings (SSSR count). The number of hydrogen-bond donors (Lipinski definition) is 2. The fraction of sp³-hybridized carbons (Fsp3) is 0. The number of nitrogens with one attached hydrogen (secondary N) is 1. The number of nitrogens with zero attached hydrogens (tertiary/aromatic N) is 4. The summed E-state index contributed by atoms with van der Waals surface area (Å²) in [5.41, 5.74) is 1.40. The first-order valence-corrected chi connectivity index (χ1v) is 7.46. The molecule has 8 heteroatoms. The van der Waals surface area contributed by atoms with Gasteiger partial charge in [0, 0.05) is 28.0 Å². The van der Waals surface area contributed by atoms with Gasteiger partial charge in [0.25, 0.3) is 0 Å². The molecule has 110 valence electrons. The molecule has 0 spiro atoms. The molecule has 22 heavy (non-hydrogen) atoms. The molecule has 0 aliphatic carbocycles. The Morgan fingerprint density at radius 2 is 2.05 bits per heavy atom. The molecule has 1 aromatic carbocycles. The van der Waals surface area contributed by atoms with Gasteiger partial charge in [-0.3, -0.25) is 4.98 Å². The molecule has 0 atom stereocenters. The van der Waals surface area contributed by atoms with Crippen LogP contribution in [0.5, 0.6) is 5.75 Å². The lowest BCUT2D eigenvalue weighted by atomic mass is 10.2. The van der Waals surface area contributed by atoms with Crippen molar-refractivity contribution in [2.75, 3.05) is 0 Å². The minimum absolute atomic E-state index is 0.132. The molecule has 0 saturated heterocycles. The Kier molecular flexibility index (Phi) is 4.12. The maximum absolute atomic E-state index is 9.84. The summed E-state index contributed by atoms with van der Waals surface area (Å²) in [5.74, 6) is 0.700. The molecule has 2 heterocycles. The van der Waals surface area contributed by atoms with Crippen molar-refractivity contribution in [2.45, 2.75) is 0 Å². The van der Waals surface area contributed by atoms with E-state index in [1.165, 1.54) is 10.9 Å². The number of benzene rings is 1. The fourth-order valence-corrected chi connectivity index (χ4v) is 2.39. The molecule has 0 aliphatic rings. The van der Waals surface area contributed by atoms with Crippen molar-refractivity contribution >= 4 is 34.4 Å². The maximum atomic E-state index is 9.84. The third kappa shape index (κ3) is 2.97. The van der Waals surface area contributed by atoms with Gasteiger partial charge in [-0.15, -0.1) is 0 Å². The highest BCUT2D eigenvalue weighted by molar-refractivity contribution is 9.10. The zero-order valence-corrected chi connectivity index (χ0v) is 13.5. The smallest absolute Gasteiger partial charge is 0.216 e. The van der Waals surface area contributed by atoms with E-state index in [-0.39, 0.29) is 5.75 Å². The highest BCUT2D eigenvalue weighted by atomic mass is 79.9. The predicted octanol–water partition coefficient (Wildman–Crippen LogP) is 3.35. The normalized spacial score (nSPS) is 11.1. The molecule has 0 aliphatic heterocycles. The number of H-pyrrole nitrogens is 1. The second kappa shape index (κ2) is 6.20. The lowest BCUT2D eigenvalue weighted by Gasteiger charge is -2.02. The van der Waals surface area contributed by atoms with Gasteiger partial charge in [0.1, 0.15) is 5.75 Å². The van der Waals surface area contributed by atoms with Crippen molar-refractivity contribution in [2.24, 2.45) is 5.10 Å². The Labute approximate surface area is 139 Å². The van der Waals surface area contributed by atoms with E-state index in [0.717, 1.165) is 10.0 Å². The summed E-state index contributed by atoms with van der Waals surface area (Å²) >= 11 is 8.55. The molecule has 0 radical (unpaired) electrons. The van der Waals surface area contributed by atoms with Gasteiger partial charge in [-0.05, 0) is 42.5 Å². The van der Waals surface area contributed by atoms with E-state index in [4.69, 9.17) is 12.2 Å². The van der Waals surface area contributed by atoms with Gasteiger partial charge in [0.05, 0.1) is 6.21 Å². The zero-order chi connectivity index (χ0) is 15.5. The van der Waals surface area contributed by atoms with E-state index in [1.807, 2.05) is 12.1 Å². The Hall–Kier alpha value is -2.32. The van der Waals surface area contributed by atoms with Crippen molar-refractivity contribution < 1.29 is 5.11 Å². The molecule has 0 unspecified atom stereocenters. The van der Waals surface area contributed by atoms with E-state index in [9.17, 15) is 5.11 Å². The van der Waals surface area contributed by atoms with Crippen LogP contribution in [0.2, 0.25) is 0 Å². The number of aromatic nitrogens is 4. The molecule has 0 bridgehead atoms. The average Bonchev–Trinajstić information content (AvgIpc) is 2.90. The van der Waals surface area contributed by atoms with E-state index in [1.54, 1.807) is 30.6 Å². The van der Waals surface area contributed by atoms with Crippen LogP contribution in [0, 0.1) is 4.77 Å². The lowest BCUT2D eigenvalue weighted by molar-refractivity contribution is 0.474. The van der Waals surface area contributed by atoms with Crippen LogP contribution in [0.15, 0.2) is 52.3 Å². The van der Waals surface area contributed by atoms with Gasteiger partial charge in [-0.1, -0.05) is 15.9 Å². The summed E-state index contributed by atoms with van der Waals surface area (Å²) in [4.78, 5) is 3.97.